The molecule has 0 unspecified atom stereocenters. The summed E-state index contributed by atoms with van der Waals surface area (Å²) in [4.78, 5) is 12.3. The number of pyridine rings is 1. The van der Waals surface area contributed by atoms with Crippen LogP contribution in [-0.2, 0) is 0 Å². The van der Waals surface area contributed by atoms with Crippen LogP contribution in [0.4, 0.5) is 5.82 Å². The second-order valence-electron chi connectivity index (χ2n) is 5.98. The maximum absolute atomic E-state index is 4.70. The third-order valence-corrected chi connectivity index (χ3v) is 2.97. The summed E-state index contributed by atoms with van der Waals surface area (Å²) in [5.74, 6) is 1.86. The first-order valence-corrected chi connectivity index (χ1v) is 6.72. The number of H-pyrrole nitrogens is 1. The van der Waals surface area contributed by atoms with Gasteiger partial charge in [-0.15, -0.1) is 0 Å². The standard InChI is InChI=1S/C15H19N5/c1-10-16-9-11(17-10)13-14(19-15(2,3)4)20-8-6-5-7-12(20)18-13/h5-9,19H,1-4H3,(H,16,17). The zero-order chi connectivity index (χ0) is 14.3. The van der Waals surface area contributed by atoms with Crippen LogP contribution in [0.3, 0.4) is 0 Å². The Morgan fingerprint density at radius 3 is 2.65 bits per heavy atom. The molecule has 20 heavy (non-hydrogen) atoms. The lowest BCUT2D eigenvalue weighted by Gasteiger charge is -2.22. The van der Waals surface area contributed by atoms with Gasteiger partial charge in [0.15, 0.2) is 0 Å². The molecule has 3 aromatic heterocycles. The molecule has 5 nitrogen and oxygen atoms in total. The molecular weight excluding hydrogens is 250 g/mol. The van der Waals surface area contributed by atoms with E-state index in [1.54, 1.807) is 0 Å². The molecule has 0 atom stereocenters. The second-order valence-corrected chi connectivity index (χ2v) is 5.98. The Labute approximate surface area is 118 Å². The molecule has 3 rings (SSSR count). The first-order chi connectivity index (χ1) is 9.44. The number of aryl methyl sites for hydroxylation is 1. The van der Waals surface area contributed by atoms with Crippen molar-refractivity contribution in [3.63, 3.8) is 0 Å². The van der Waals surface area contributed by atoms with Gasteiger partial charge in [-0.1, -0.05) is 6.07 Å². The van der Waals surface area contributed by atoms with E-state index in [4.69, 9.17) is 4.98 Å². The van der Waals surface area contributed by atoms with Gasteiger partial charge >= 0.3 is 0 Å². The highest BCUT2D eigenvalue weighted by Crippen LogP contribution is 2.29. The predicted octanol–water partition coefficient (Wildman–Crippen LogP) is 3.24. The van der Waals surface area contributed by atoms with Gasteiger partial charge in [-0.2, -0.15) is 0 Å². The maximum atomic E-state index is 4.70. The molecular formula is C15H19N5. The molecule has 2 N–H and O–H groups in total. The second kappa shape index (κ2) is 4.37. The average molecular weight is 269 g/mol. The third kappa shape index (κ3) is 2.27. The number of imidazole rings is 2. The van der Waals surface area contributed by atoms with Crippen molar-refractivity contribution in [1.82, 2.24) is 19.4 Å². The summed E-state index contributed by atoms with van der Waals surface area (Å²) >= 11 is 0. The summed E-state index contributed by atoms with van der Waals surface area (Å²) in [6, 6.07) is 5.99. The molecule has 0 saturated carbocycles. The van der Waals surface area contributed by atoms with E-state index in [0.29, 0.717) is 0 Å². The zero-order valence-electron chi connectivity index (χ0n) is 12.2. The molecule has 3 heterocycles. The van der Waals surface area contributed by atoms with E-state index in [-0.39, 0.29) is 5.54 Å². The molecule has 104 valence electrons. The van der Waals surface area contributed by atoms with Crippen LogP contribution in [0.5, 0.6) is 0 Å². The molecule has 0 aromatic carbocycles. The zero-order valence-corrected chi connectivity index (χ0v) is 12.2. The van der Waals surface area contributed by atoms with E-state index in [1.165, 1.54) is 0 Å². The fourth-order valence-electron chi connectivity index (χ4n) is 2.19. The van der Waals surface area contributed by atoms with Gasteiger partial charge in [0.1, 0.15) is 28.7 Å². The lowest BCUT2D eigenvalue weighted by atomic mass is 10.1. The number of nitrogens with zero attached hydrogens (tertiary/aromatic N) is 3. The molecule has 5 heteroatoms. The minimum Gasteiger partial charge on any atom is -0.365 e. The quantitative estimate of drug-likeness (QED) is 0.751. The Kier molecular flexibility index (Phi) is 2.78. The number of nitrogens with one attached hydrogen (secondary N) is 2. The van der Waals surface area contributed by atoms with Crippen molar-refractivity contribution in [2.24, 2.45) is 0 Å². The van der Waals surface area contributed by atoms with Gasteiger partial charge in [0.25, 0.3) is 0 Å². The Morgan fingerprint density at radius 1 is 1.20 bits per heavy atom. The molecule has 0 amide bonds. The molecule has 0 spiro atoms. The first kappa shape index (κ1) is 12.7. The number of aromatic amines is 1. The van der Waals surface area contributed by atoms with Gasteiger partial charge in [0, 0.05) is 17.9 Å². The van der Waals surface area contributed by atoms with Crippen LogP contribution in [0.1, 0.15) is 26.6 Å². The summed E-state index contributed by atoms with van der Waals surface area (Å²) in [5.41, 5.74) is 2.59. The van der Waals surface area contributed by atoms with E-state index >= 15 is 0 Å². The topological polar surface area (TPSA) is 58.0 Å². The Hall–Kier alpha value is -2.30. The van der Waals surface area contributed by atoms with E-state index in [2.05, 4.69) is 40.5 Å². The maximum Gasteiger partial charge on any atom is 0.140 e. The van der Waals surface area contributed by atoms with Gasteiger partial charge in [-0.25, -0.2) is 9.97 Å². The average Bonchev–Trinajstić information content (AvgIpc) is 2.93. The summed E-state index contributed by atoms with van der Waals surface area (Å²) in [7, 11) is 0. The van der Waals surface area contributed by atoms with Crippen LogP contribution in [0.15, 0.2) is 30.6 Å². The summed E-state index contributed by atoms with van der Waals surface area (Å²) in [6.45, 7) is 8.34. The van der Waals surface area contributed by atoms with E-state index < -0.39 is 0 Å². The van der Waals surface area contributed by atoms with E-state index in [1.807, 2.05) is 37.5 Å². The smallest absolute Gasteiger partial charge is 0.140 e. The van der Waals surface area contributed by atoms with Crippen molar-refractivity contribution < 1.29 is 0 Å². The number of hydrogen-bond acceptors (Lipinski definition) is 3. The lowest BCUT2D eigenvalue weighted by molar-refractivity contribution is 0.629. The van der Waals surface area contributed by atoms with Crippen LogP contribution in [-0.4, -0.2) is 24.9 Å². The molecule has 0 aliphatic heterocycles. The molecule has 0 radical (unpaired) electrons. The van der Waals surface area contributed by atoms with Crippen LogP contribution in [0.2, 0.25) is 0 Å². The first-order valence-electron chi connectivity index (χ1n) is 6.72. The fraction of sp³-hybridized carbons (Fsp3) is 0.333. The van der Waals surface area contributed by atoms with Crippen molar-refractivity contribution in [3.8, 4) is 11.4 Å². The van der Waals surface area contributed by atoms with E-state index in [9.17, 15) is 0 Å². The highest BCUT2D eigenvalue weighted by molar-refractivity contribution is 5.74. The van der Waals surface area contributed by atoms with Gasteiger partial charge in [-0.05, 0) is 39.8 Å². The largest absolute Gasteiger partial charge is 0.365 e. The van der Waals surface area contributed by atoms with Crippen molar-refractivity contribution in [1.29, 1.82) is 0 Å². The Balaban J connectivity index is 2.22. The summed E-state index contributed by atoms with van der Waals surface area (Å²) < 4.78 is 2.06. The fourth-order valence-corrected chi connectivity index (χ4v) is 2.19. The summed E-state index contributed by atoms with van der Waals surface area (Å²) in [5, 5.41) is 3.53. The minimum absolute atomic E-state index is 0.0497. The molecule has 0 saturated heterocycles. The van der Waals surface area contributed by atoms with Crippen LogP contribution >= 0.6 is 0 Å². The molecule has 0 bridgehead atoms. The number of hydrogen-bond donors (Lipinski definition) is 2. The van der Waals surface area contributed by atoms with Gasteiger partial charge in [-0.3, -0.25) is 4.40 Å². The minimum atomic E-state index is -0.0497. The van der Waals surface area contributed by atoms with Crippen molar-refractivity contribution in [3.05, 3.63) is 36.4 Å². The van der Waals surface area contributed by atoms with Gasteiger partial charge in [0.05, 0.1) is 0 Å². The highest BCUT2D eigenvalue weighted by Gasteiger charge is 2.20. The van der Waals surface area contributed by atoms with Gasteiger partial charge in [0.2, 0.25) is 0 Å². The van der Waals surface area contributed by atoms with E-state index in [0.717, 1.165) is 28.7 Å². The monoisotopic (exact) mass is 269 g/mol. The Morgan fingerprint density at radius 2 is 2.00 bits per heavy atom. The van der Waals surface area contributed by atoms with Crippen LogP contribution < -0.4 is 5.32 Å². The van der Waals surface area contributed by atoms with Crippen molar-refractivity contribution in [2.45, 2.75) is 33.2 Å². The molecule has 0 aliphatic carbocycles. The lowest BCUT2D eigenvalue weighted by Crippen LogP contribution is -2.27. The van der Waals surface area contributed by atoms with Gasteiger partial charge < -0.3 is 10.3 Å². The molecule has 0 fully saturated rings. The SMILES string of the molecule is Cc1nc(-c2nc3ccccn3c2NC(C)(C)C)c[nH]1. The number of fused-ring (bicyclic) bond motifs is 1. The normalized spacial score (nSPS) is 12.0. The van der Waals surface area contributed by atoms with Crippen molar-refractivity contribution >= 4 is 11.5 Å². The molecule has 0 aliphatic rings. The number of rotatable bonds is 2. The van der Waals surface area contributed by atoms with Crippen LogP contribution in [0, 0.1) is 6.92 Å². The van der Waals surface area contributed by atoms with Crippen LogP contribution in [0.25, 0.3) is 17.0 Å². The number of aromatic nitrogens is 4. The predicted molar refractivity (Wildman–Crippen MR) is 80.9 cm³/mol. The molecule has 3 aromatic rings. The third-order valence-electron chi connectivity index (χ3n) is 2.97. The summed E-state index contributed by atoms with van der Waals surface area (Å²) in [6.07, 6.45) is 3.91. The Bertz CT molecular complexity index is 745. The van der Waals surface area contributed by atoms with Crippen molar-refractivity contribution in [2.75, 3.05) is 5.32 Å². The number of anilines is 1. The highest BCUT2D eigenvalue weighted by atomic mass is 15.2.